The summed E-state index contributed by atoms with van der Waals surface area (Å²) in [6.07, 6.45) is -0.0676. The van der Waals surface area contributed by atoms with Crippen molar-refractivity contribution in [2.24, 2.45) is 28.1 Å². The number of likely N-dealkylation sites (tertiary alicyclic amines) is 1. The van der Waals surface area contributed by atoms with E-state index in [1.807, 2.05) is 0 Å². The molecule has 8 atom stereocenters. The number of amides is 8. The maximum atomic E-state index is 13.9. The number of carbonyl (C=O) groups excluding carboxylic acids is 8. The molecule has 8 unspecified atom stereocenters. The molecule has 1 aromatic rings. The number of aromatic hydroxyl groups is 1. The normalized spacial score (nSPS) is 15.7. The second kappa shape index (κ2) is 31.8. The highest BCUT2D eigenvalue weighted by Gasteiger charge is 2.39. The molecule has 1 aromatic carbocycles. The molecule has 18 N–H and O–H groups in total. The summed E-state index contributed by atoms with van der Waals surface area (Å²) in [5.41, 5.74) is 16.6. The number of phenols is 1. The molecule has 71 heavy (non-hydrogen) atoms. The largest absolute Gasteiger partial charge is 0.508 e. The van der Waals surface area contributed by atoms with Gasteiger partial charge >= 0.3 is 11.9 Å². The van der Waals surface area contributed by atoms with Crippen LogP contribution < -0.4 is 54.4 Å². The Morgan fingerprint density at radius 3 is 1.90 bits per heavy atom. The Kier molecular flexibility index (Phi) is 27.6. The molecule has 1 aliphatic heterocycles. The van der Waals surface area contributed by atoms with Gasteiger partial charge in [0.15, 0.2) is 5.96 Å². The van der Waals surface area contributed by atoms with Gasteiger partial charge in [-0.3, -0.25) is 52.9 Å². The van der Waals surface area contributed by atoms with Crippen LogP contribution in [-0.4, -0.2) is 182 Å². The molecule has 0 saturated carbocycles. The summed E-state index contributed by atoms with van der Waals surface area (Å²) in [6.45, 7) is 2.17. The number of guanidine groups is 1. The zero-order valence-electron chi connectivity index (χ0n) is 39.4. The summed E-state index contributed by atoms with van der Waals surface area (Å²) >= 11 is 3.94. The van der Waals surface area contributed by atoms with Crippen molar-refractivity contribution in [2.45, 2.75) is 108 Å². The fourth-order valence-electron chi connectivity index (χ4n) is 6.55. The number of aliphatic hydroxyl groups excluding tert-OH is 1. The molecule has 29 heteroatoms. The van der Waals surface area contributed by atoms with Gasteiger partial charge in [0.05, 0.1) is 32.2 Å². The molecule has 0 aliphatic carbocycles. The molecule has 1 saturated heterocycles. The number of aliphatic carboxylic acids is 3. The van der Waals surface area contributed by atoms with E-state index in [4.69, 9.17) is 27.1 Å². The zero-order valence-corrected chi connectivity index (χ0v) is 40.3. The Balaban J connectivity index is 0.00000605. The molecular weight excluding hydrogens is 961 g/mol. The molecule has 2 rings (SSSR count). The second-order valence-electron chi connectivity index (χ2n) is 16.1. The first-order chi connectivity index (χ1) is 33.3. The standard InChI is InChI=1S/C40H62N12O14S.C2H4O2/c1-3-20(2)32(37(63)46-17-30(56)48-27(18-53)35(61)49-24(39(65)66)6-4-12-44-40(42)43)51-34(60)25(14-21-8-10-22(54)11-9-21)47-29(55)16-45-36(62)28-7-5-13-52(28)38(64)26(15-31(57)58)50-33(59)23(41)19-67;1-2(3)4/h8-11,20,23-28,32,53-54,67H,3-7,12-19,41H2,1-2H3,(H,45,62)(H,46,63)(H,47,55)(H,48,56)(H,49,61)(H,50,59)(H,51,60)(H,57,58)(H,65,66)(H4,42,43,44);1H3,(H,3,4). The minimum Gasteiger partial charge on any atom is -0.508 e. The maximum absolute atomic E-state index is 13.9. The van der Waals surface area contributed by atoms with Crippen LogP contribution in [0.15, 0.2) is 29.3 Å². The number of rotatable bonds is 28. The third-order valence-corrected chi connectivity index (χ3v) is 10.8. The fraction of sp³-hybridized carbons (Fsp3) is 0.571. The number of carboxylic acids is 3. The molecule has 1 fully saturated rings. The summed E-state index contributed by atoms with van der Waals surface area (Å²) in [4.78, 5) is 143. The predicted octanol–water partition coefficient (Wildman–Crippen LogP) is -5.42. The first-order valence-corrected chi connectivity index (χ1v) is 22.8. The van der Waals surface area contributed by atoms with E-state index in [1.165, 1.54) is 24.3 Å². The third-order valence-electron chi connectivity index (χ3n) is 10.4. The smallest absolute Gasteiger partial charge is 0.326 e. The average molecular weight is 1030 g/mol. The lowest BCUT2D eigenvalue weighted by molar-refractivity contribution is -0.146. The van der Waals surface area contributed by atoms with Gasteiger partial charge in [-0.2, -0.15) is 12.6 Å². The number of aliphatic hydroxyl groups is 1. The van der Waals surface area contributed by atoms with E-state index in [9.17, 15) is 68.4 Å². The molecule has 0 radical (unpaired) electrons. The van der Waals surface area contributed by atoms with E-state index >= 15 is 0 Å². The highest BCUT2D eigenvalue weighted by Crippen LogP contribution is 2.20. The molecule has 1 aliphatic rings. The summed E-state index contributed by atoms with van der Waals surface area (Å²) in [7, 11) is 0. The number of aliphatic imine (C=N–C) groups is 1. The number of thiol groups is 1. The summed E-state index contributed by atoms with van der Waals surface area (Å²) in [5, 5.41) is 62.5. The van der Waals surface area contributed by atoms with Crippen LogP contribution in [0.4, 0.5) is 0 Å². The van der Waals surface area contributed by atoms with E-state index in [1.54, 1.807) is 13.8 Å². The number of nitrogens with two attached hydrogens (primary N) is 3. The van der Waals surface area contributed by atoms with Gasteiger partial charge in [0.2, 0.25) is 47.3 Å². The van der Waals surface area contributed by atoms with Gasteiger partial charge in [0, 0.05) is 32.2 Å². The molecule has 0 aromatic heterocycles. The second-order valence-corrected chi connectivity index (χ2v) is 16.5. The Bertz CT molecular complexity index is 2060. The van der Waals surface area contributed by atoms with Gasteiger partial charge in [-0.15, -0.1) is 0 Å². The molecular formula is C42H66N12O16S. The number of nitrogens with zero attached hydrogens (tertiary/aromatic N) is 2. The van der Waals surface area contributed by atoms with Crippen LogP contribution >= 0.6 is 12.6 Å². The predicted molar refractivity (Wildman–Crippen MR) is 254 cm³/mol. The van der Waals surface area contributed by atoms with Crippen molar-refractivity contribution < 1.29 is 78.3 Å². The number of nitrogens with one attached hydrogen (secondary N) is 7. The Morgan fingerprint density at radius 2 is 1.37 bits per heavy atom. The molecule has 0 bridgehead atoms. The number of hydrogen-bond acceptors (Lipinski definition) is 16. The number of carbonyl (C=O) groups is 11. The van der Waals surface area contributed by atoms with Gasteiger partial charge in [-0.25, -0.2) is 4.79 Å². The fourth-order valence-corrected chi connectivity index (χ4v) is 6.72. The quantitative estimate of drug-likeness (QED) is 0.0161. The maximum Gasteiger partial charge on any atom is 0.326 e. The first kappa shape index (κ1) is 61.7. The van der Waals surface area contributed by atoms with E-state index < -0.39 is 139 Å². The van der Waals surface area contributed by atoms with Crippen LogP contribution in [0, 0.1) is 5.92 Å². The van der Waals surface area contributed by atoms with E-state index in [0.29, 0.717) is 18.4 Å². The lowest BCUT2D eigenvalue weighted by Gasteiger charge is -2.29. The van der Waals surface area contributed by atoms with Gasteiger partial charge < -0.3 is 84.9 Å². The van der Waals surface area contributed by atoms with E-state index in [0.717, 1.165) is 11.8 Å². The third kappa shape index (κ3) is 23.3. The van der Waals surface area contributed by atoms with Gasteiger partial charge in [-0.05, 0) is 49.3 Å². The molecule has 0 spiro atoms. The van der Waals surface area contributed by atoms with Crippen molar-refractivity contribution in [3.05, 3.63) is 29.8 Å². The van der Waals surface area contributed by atoms with Gasteiger partial charge in [0.1, 0.15) is 42.0 Å². The van der Waals surface area contributed by atoms with Crippen molar-refractivity contribution in [2.75, 3.05) is 38.5 Å². The van der Waals surface area contributed by atoms with Gasteiger partial charge in [-0.1, -0.05) is 32.4 Å². The Labute approximate surface area is 413 Å². The van der Waals surface area contributed by atoms with Crippen LogP contribution in [0.25, 0.3) is 0 Å². The first-order valence-electron chi connectivity index (χ1n) is 22.2. The summed E-state index contributed by atoms with van der Waals surface area (Å²) in [5.74, 6) is -11.6. The van der Waals surface area contributed by atoms with Crippen LogP contribution in [0.5, 0.6) is 5.75 Å². The lowest BCUT2D eigenvalue weighted by Crippen LogP contribution is -2.58. The zero-order chi connectivity index (χ0) is 54.0. The SMILES string of the molecule is CC(=O)O.CCC(C)C(NC(=O)C(Cc1ccc(O)cc1)NC(=O)CNC(=O)C1CCCN1C(=O)C(CC(=O)O)NC(=O)C(N)CS)C(=O)NCC(=O)NC(CO)C(=O)NC(CCCN=C(N)N)C(=O)O. The monoisotopic (exact) mass is 1030 g/mol. The van der Waals surface area contributed by atoms with Crippen LogP contribution in [-0.2, 0) is 59.2 Å². The van der Waals surface area contributed by atoms with E-state index in [-0.39, 0.29) is 56.2 Å². The van der Waals surface area contributed by atoms with Crippen molar-refractivity contribution in [1.29, 1.82) is 0 Å². The Morgan fingerprint density at radius 1 is 0.803 bits per heavy atom. The lowest BCUT2D eigenvalue weighted by atomic mass is 9.97. The topological polar surface area (TPSA) is 467 Å². The van der Waals surface area contributed by atoms with Gasteiger partial charge in [0.25, 0.3) is 5.97 Å². The molecule has 1 heterocycles. The number of carboxylic acid groups (broad SMARTS) is 3. The van der Waals surface area contributed by atoms with Crippen LogP contribution in [0.3, 0.4) is 0 Å². The highest BCUT2D eigenvalue weighted by molar-refractivity contribution is 7.80. The van der Waals surface area contributed by atoms with Crippen molar-refractivity contribution in [3.8, 4) is 5.75 Å². The number of benzene rings is 1. The minimum atomic E-state index is -1.61. The van der Waals surface area contributed by atoms with E-state index in [2.05, 4.69) is 54.8 Å². The molecule has 8 amide bonds. The van der Waals surface area contributed by atoms with Crippen molar-refractivity contribution in [1.82, 2.24) is 42.1 Å². The summed E-state index contributed by atoms with van der Waals surface area (Å²) in [6, 6.07) is -3.90. The molecule has 28 nitrogen and oxygen atoms in total. The minimum absolute atomic E-state index is 0.0396. The van der Waals surface area contributed by atoms with Crippen LogP contribution in [0.2, 0.25) is 0 Å². The van der Waals surface area contributed by atoms with Crippen LogP contribution in [0.1, 0.15) is 64.9 Å². The highest BCUT2D eigenvalue weighted by atomic mass is 32.1. The summed E-state index contributed by atoms with van der Waals surface area (Å²) < 4.78 is 0. The van der Waals surface area contributed by atoms with Crippen molar-refractivity contribution in [3.63, 3.8) is 0 Å². The Hall–Kier alpha value is -7.27. The number of phenolic OH excluding ortho intramolecular Hbond substituents is 1. The average Bonchev–Trinajstić information content (AvgIpc) is 3.81. The molecule has 396 valence electrons. The van der Waals surface area contributed by atoms with Crippen molar-refractivity contribution >= 4 is 83.8 Å². The number of hydrogen-bond donors (Lipinski definition) is 16.